The van der Waals surface area contributed by atoms with Crippen LogP contribution in [-0.2, 0) is 9.84 Å². The third-order valence-corrected chi connectivity index (χ3v) is 3.39. The van der Waals surface area contributed by atoms with Gasteiger partial charge >= 0.3 is 0 Å². The van der Waals surface area contributed by atoms with E-state index < -0.39 is 9.84 Å². The summed E-state index contributed by atoms with van der Waals surface area (Å²) in [4.78, 5) is 1.85. The van der Waals surface area contributed by atoms with Crippen molar-refractivity contribution in [3.63, 3.8) is 0 Å². The van der Waals surface area contributed by atoms with Gasteiger partial charge in [0.1, 0.15) is 15.6 Å². The van der Waals surface area contributed by atoms with E-state index in [1.165, 1.54) is 6.26 Å². The number of rotatable bonds is 6. The molecular weight excluding hydrogens is 252 g/mol. The first kappa shape index (κ1) is 14.6. The Labute approximate surface area is 108 Å². The Morgan fingerprint density at radius 2 is 2.00 bits per heavy atom. The lowest BCUT2D eigenvalue weighted by atomic mass is 10.2. The van der Waals surface area contributed by atoms with Gasteiger partial charge in [0.05, 0.1) is 12.4 Å². The fraction of sp³-hybridized carbons (Fsp3) is 0.500. The largest absolute Gasteiger partial charge is 0.494 e. The third kappa shape index (κ3) is 4.83. The normalized spacial score (nSPS) is 11.3. The van der Waals surface area contributed by atoms with Gasteiger partial charge in [-0.3, -0.25) is 0 Å². The predicted octanol–water partition coefficient (Wildman–Crippen LogP) is 1.15. The van der Waals surface area contributed by atoms with E-state index in [0.29, 0.717) is 24.6 Å². The second-order valence-corrected chi connectivity index (χ2v) is 6.50. The van der Waals surface area contributed by atoms with Crippen molar-refractivity contribution in [1.82, 2.24) is 0 Å². The molecule has 18 heavy (non-hydrogen) atoms. The first-order chi connectivity index (χ1) is 8.31. The van der Waals surface area contributed by atoms with E-state index in [4.69, 9.17) is 10.5 Å². The van der Waals surface area contributed by atoms with Crippen molar-refractivity contribution in [1.29, 1.82) is 0 Å². The molecule has 0 unspecified atom stereocenters. The molecule has 0 fully saturated rings. The zero-order chi connectivity index (χ0) is 13.8. The van der Waals surface area contributed by atoms with Crippen LogP contribution >= 0.6 is 0 Å². The molecule has 0 aromatic heterocycles. The van der Waals surface area contributed by atoms with Crippen molar-refractivity contribution in [3.8, 4) is 5.75 Å². The van der Waals surface area contributed by atoms with Crippen molar-refractivity contribution in [3.05, 3.63) is 18.2 Å². The van der Waals surface area contributed by atoms with E-state index in [-0.39, 0.29) is 5.75 Å². The number of nitrogens with zero attached hydrogens (tertiary/aromatic N) is 1. The number of sulfone groups is 1. The Kier molecular flexibility index (Phi) is 4.84. The number of ether oxygens (including phenoxy) is 1. The lowest BCUT2D eigenvalue weighted by molar-refractivity contribution is 0.340. The Balaban J connectivity index is 2.81. The van der Waals surface area contributed by atoms with E-state index in [1.54, 1.807) is 12.1 Å². The van der Waals surface area contributed by atoms with E-state index in [9.17, 15) is 8.42 Å². The number of hydrogen-bond acceptors (Lipinski definition) is 5. The van der Waals surface area contributed by atoms with Crippen molar-refractivity contribution in [2.24, 2.45) is 0 Å². The molecule has 0 aliphatic carbocycles. The quantitative estimate of drug-likeness (QED) is 0.786. The van der Waals surface area contributed by atoms with Gasteiger partial charge < -0.3 is 15.4 Å². The van der Waals surface area contributed by atoms with Crippen molar-refractivity contribution in [2.75, 3.05) is 42.8 Å². The van der Waals surface area contributed by atoms with Crippen LogP contribution in [0.4, 0.5) is 11.4 Å². The van der Waals surface area contributed by atoms with Gasteiger partial charge in [-0.05, 0) is 13.0 Å². The second-order valence-electron chi connectivity index (χ2n) is 4.24. The Morgan fingerprint density at radius 3 is 2.56 bits per heavy atom. The number of anilines is 2. The number of nitrogen functional groups attached to an aromatic ring is 1. The van der Waals surface area contributed by atoms with Crippen LogP contribution in [-0.4, -0.2) is 40.6 Å². The van der Waals surface area contributed by atoms with E-state index in [0.717, 1.165) is 5.69 Å². The van der Waals surface area contributed by atoms with Gasteiger partial charge in [0.15, 0.2) is 0 Å². The summed E-state index contributed by atoms with van der Waals surface area (Å²) in [7, 11) is -1.13. The highest BCUT2D eigenvalue weighted by Gasteiger charge is 2.08. The molecule has 0 aliphatic rings. The van der Waals surface area contributed by atoms with Gasteiger partial charge in [-0.2, -0.15) is 0 Å². The standard InChI is InChI=1S/C12H20N2O3S/c1-4-17-12-8-10(13)7-11(9-12)14(2)5-6-18(3,15)16/h7-9H,4-6,13H2,1-3H3. The molecule has 0 heterocycles. The molecule has 0 amide bonds. The van der Waals surface area contributed by atoms with Gasteiger partial charge in [0.2, 0.25) is 0 Å². The van der Waals surface area contributed by atoms with Crippen LogP contribution in [0.5, 0.6) is 5.75 Å². The molecule has 1 aromatic carbocycles. The highest BCUT2D eigenvalue weighted by Crippen LogP contribution is 2.24. The van der Waals surface area contributed by atoms with Crippen LogP contribution in [0.2, 0.25) is 0 Å². The maximum atomic E-state index is 11.1. The van der Waals surface area contributed by atoms with Crippen LogP contribution in [0.15, 0.2) is 18.2 Å². The van der Waals surface area contributed by atoms with Crippen LogP contribution in [0.3, 0.4) is 0 Å². The Hall–Kier alpha value is -1.43. The molecule has 0 atom stereocenters. The summed E-state index contributed by atoms with van der Waals surface area (Å²) in [5, 5.41) is 0. The summed E-state index contributed by atoms with van der Waals surface area (Å²) in [6, 6.07) is 5.39. The average molecular weight is 272 g/mol. The summed E-state index contributed by atoms with van der Waals surface area (Å²) >= 11 is 0. The zero-order valence-electron chi connectivity index (χ0n) is 11.0. The highest BCUT2D eigenvalue weighted by atomic mass is 32.2. The molecule has 0 saturated heterocycles. The average Bonchev–Trinajstić information content (AvgIpc) is 2.24. The van der Waals surface area contributed by atoms with Gasteiger partial charge in [-0.25, -0.2) is 8.42 Å². The molecule has 1 rings (SSSR count). The molecule has 0 spiro atoms. The van der Waals surface area contributed by atoms with Gasteiger partial charge in [0.25, 0.3) is 0 Å². The minimum atomic E-state index is -2.96. The SMILES string of the molecule is CCOc1cc(N)cc(N(C)CCS(C)(=O)=O)c1. The lowest BCUT2D eigenvalue weighted by Crippen LogP contribution is -2.24. The van der Waals surface area contributed by atoms with E-state index >= 15 is 0 Å². The molecule has 0 bridgehead atoms. The summed E-state index contributed by atoms with van der Waals surface area (Å²) < 4.78 is 27.7. The van der Waals surface area contributed by atoms with E-state index in [2.05, 4.69) is 0 Å². The summed E-state index contributed by atoms with van der Waals surface area (Å²) in [6.07, 6.45) is 1.23. The smallest absolute Gasteiger partial charge is 0.149 e. The zero-order valence-corrected chi connectivity index (χ0v) is 11.8. The minimum Gasteiger partial charge on any atom is -0.494 e. The molecule has 2 N–H and O–H groups in total. The molecule has 1 aromatic rings. The second kappa shape index (κ2) is 5.95. The van der Waals surface area contributed by atoms with Crippen LogP contribution in [0.25, 0.3) is 0 Å². The topological polar surface area (TPSA) is 72.6 Å². The fourth-order valence-corrected chi connectivity index (χ4v) is 2.11. The van der Waals surface area contributed by atoms with Crippen molar-refractivity contribution >= 4 is 21.2 Å². The van der Waals surface area contributed by atoms with Gasteiger partial charge in [0, 0.05) is 43.4 Å². The first-order valence-corrected chi connectivity index (χ1v) is 7.80. The van der Waals surface area contributed by atoms with Crippen LogP contribution < -0.4 is 15.4 Å². The maximum absolute atomic E-state index is 11.1. The fourth-order valence-electron chi connectivity index (χ4n) is 1.51. The molecular formula is C12H20N2O3S. The Morgan fingerprint density at radius 1 is 1.33 bits per heavy atom. The highest BCUT2D eigenvalue weighted by molar-refractivity contribution is 7.90. The lowest BCUT2D eigenvalue weighted by Gasteiger charge is -2.20. The third-order valence-electron chi connectivity index (χ3n) is 2.46. The van der Waals surface area contributed by atoms with E-state index in [1.807, 2.05) is 24.9 Å². The summed E-state index contributed by atoms with van der Waals surface area (Å²) in [5.74, 6) is 0.807. The molecule has 5 nitrogen and oxygen atoms in total. The minimum absolute atomic E-state index is 0.113. The predicted molar refractivity (Wildman–Crippen MR) is 75.0 cm³/mol. The van der Waals surface area contributed by atoms with Crippen molar-refractivity contribution in [2.45, 2.75) is 6.92 Å². The van der Waals surface area contributed by atoms with Crippen LogP contribution in [0, 0.1) is 0 Å². The summed E-state index contributed by atoms with van der Waals surface area (Å²) in [6.45, 7) is 2.89. The number of nitrogens with two attached hydrogens (primary N) is 1. The monoisotopic (exact) mass is 272 g/mol. The molecule has 6 heteroatoms. The number of benzene rings is 1. The first-order valence-electron chi connectivity index (χ1n) is 5.74. The van der Waals surface area contributed by atoms with Crippen molar-refractivity contribution < 1.29 is 13.2 Å². The molecule has 102 valence electrons. The Bertz CT molecular complexity index is 500. The summed E-state index contributed by atoms with van der Waals surface area (Å²) in [5.41, 5.74) is 7.23. The maximum Gasteiger partial charge on any atom is 0.149 e. The molecule has 0 radical (unpaired) electrons. The van der Waals surface area contributed by atoms with Gasteiger partial charge in [-0.1, -0.05) is 0 Å². The molecule has 0 aliphatic heterocycles. The van der Waals surface area contributed by atoms with Crippen LogP contribution in [0.1, 0.15) is 6.92 Å². The number of hydrogen-bond donors (Lipinski definition) is 1. The van der Waals surface area contributed by atoms with Gasteiger partial charge in [-0.15, -0.1) is 0 Å². The molecule has 0 saturated carbocycles.